The largest absolute Gasteiger partial charge is 0.464 e. The summed E-state index contributed by atoms with van der Waals surface area (Å²) >= 11 is 8.25. The zero-order valence-electron chi connectivity index (χ0n) is 9.87. The van der Waals surface area contributed by atoms with Crippen LogP contribution in [0.25, 0.3) is 0 Å². The van der Waals surface area contributed by atoms with Crippen LogP contribution in [-0.4, -0.2) is 17.9 Å². The highest BCUT2D eigenvalue weighted by molar-refractivity contribution is 9.12. The van der Waals surface area contributed by atoms with Gasteiger partial charge in [-0.3, -0.25) is 4.79 Å². The van der Waals surface area contributed by atoms with Crippen molar-refractivity contribution in [1.82, 2.24) is 4.90 Å². The van der Waals surface area contributed by atoms with Crippen LogP contribution in [-0.2, 0) is 6.54 Å². The topological polar surface area (TPSA) is 33.5 Å². The predicted octanol–water partition coefficient (Wildman–Crippen LogP) is 4.45. The Morgan fingerprint density at radius 3 is 2.67 bits per heavy atom. The molecule has 96 valence electrons. The second kappa shape index (κ2) is 5.59. The zero-order valence-corrected chi connectivity index (χ0v) is 13.9. The van der Waals surface area contributed by atoms with Gasteiger partial charge in [0.05, 0.1) is 19.7 Å². The summed E-state index contributed by atoms with van der Waals surface area (Å²) in [6.45, 7) is 2.35. The summed E-state index contributed by atoms with van der Waals surface area (Å²) in [4.78, 5) is 13.9. The van der Waals surface area contributed by atoms with Crippen LogP contribution < -0.4 is 0 Å². The molecule has 0 bridgehead atoms. The van der Waals surface area contributed by atoms with Gasteiger partial charge in [-0.15, -0.1) is 11.3 Å². The van der Waals surface area contributed by atoms with E-state index in [1.54, 1.807) is 11.9 Å². The number of hydrogen-bond donors (Lipinski definition) is 0. The third-order valence-corrected chi connectivity index (χ3v) is 4.76. The van der Waals surface area contributed by atoms with Crippen molar-refractivity contribution in [1.29, 1.82) is 0 Å². The smallest absolute Gasteiger partial charge is 0.256 e. The van der Waals surface area contributed by atoms with E-state index in [9.17, 15) is 4.79 Å². The van der Waals surface area contributed by atoms with Gasteiger partial charge in [0.1, 0.15) is 11.5 Å². The second-order valence-corrected chi connectivity index (χ2v) is 7.66. The predicted molar refractivity (Wildman–Crippen MR) is 79.0 cm³/mol. The quantitative estimate of drug-likeness (QED) is 0.773. The first-order chi connectivity index (χ1) is 8.47. The van der Waals surface area contributed by atoms with Crippen LogP contribution in [0, 0.1) is 6.92 Å². The van der Waals surface area contributed by atoms with Gasteiger partial charge in [-0.25, -0.2) is 0 Å². The highest BCUT2D eigenvalue weighted by Gasteiger charge is 2.18. The number of carbonyl (C=O) groups is 1. The third-order valence-electron chi connectivity index (χ3n) is 2.42. The molecule has 2 aromatic heterocycles. The highest BCUT2D eigenvalue weighted by atomic mass is 79.9. The molecule has 0 spiro atoms. The lowest BCUT2D eigenvalue weighted by atomic mass is 10.3. The first kappa shape index (κ1) is 13.8. The lowest BCUT2D eigenvalue weighted by Gasteiger charge is -2.15. The Morgan fingerprint density at radius 2 is 2.17 bits per heavy atom. The van der Waals surface area contributed by atoms with E-state index in [1.807, 2.05) is 25.1 Å². The molecule has 6 heteroatoms. The van der Waals surface area contributed by atoms with Crippen molar-refractivity contribution in [3.05, 3.63) is 42.9 Å². The average molecular weight is 393 g/mol. The van der Waals surface area contributed by atoms with E-state index in [1.165, 1.54) is 11.3 Å². The molecule has 1 amide bonds. The highest BCUT2D eigenvalue weighted by Crippen LogP contribution is 2.32. The monoisotopic (exact) mass is 391 g/mol. The first-order valence-electron chi connectivity index (χ1n) is 5.23. The molecule has 2 heterocycles. The fourth-order valence-corrected chi connectivity index (χ4v) is 4.34. The van der Waals surface area contributed by atoms with Gasteiger partial charge in [-0.05, 0) is 57.0 Å². The number of amides is 1. The number of aryl methyl sites for hydroxylation is 1. The fraction of sp³-hybridized carbons (Fsp3) is 0.250. The van der Waals surface area contributed by atoms with Crippen LogP contribution in [0.5, 0.6) is 0 Å². The van der Waals surface area contributed by atoms with Crippen molar-refractivity contribution in [3.8, 4) is 0 Å². The van der Waals surface area contributed by atoms with Crippen molar-refractivity contribution in [2.24, 2.45) is 0 Å². The maximum absolute atomic E-state index is 12.2. The number of rotatable bonds is 3. The lowest BCUT2D eigenvalue weighted by Crippen LogP contribution is -2.25. The van der Waals surface area contributed by atoms with Crippen LogP contribution in [0.2, 0.25) is 0 Å². The molecule has 0 saturated carbocycles. The normalized spacial score (nSPS) is 10.7. The number of furan rings is 1. The summed E-state index contributed by atoms with van der Waals surface area (Å²) in [5.74, 6) is 1.61. The first-order valence-corrected chi connectivity index (χ1v) is 7.63. The van der Waals surface area contributed by atoms with Crippen LogP contribution >= 0.6 is 43.2 Å². The van der Waals surface area contributed by atoms with Gasteiger partial charge >= 0.3 is 0 Å². The molecule has 0 radical (unpaired) electrons. The van der Waals surface area contributed by atoms with E-state index in [-0.39, 0.29) is 5.91 Å². The summed E-state index contributed by atoms with van der Waals surface area (Å²) in [5, 5.41) is 0. The molecule has 0 aromatic carbocycles. The Morgan fingerprint density at radius 1 is 1.44 bits per heavy atom. The van der Waals surface area contributed by atoms with Crippen molar-refractivity contribution in [3.63, 3.8) is 0 Å². The molecular weight excluding hydrogens is 382 g/mol. The Balaban J connectivity index is 2.11. The van der Waals surface area contributed by atoms with Crippen molar-refractivity contribution < 1.29 is 9.21 Å². The molecule has 0 unspecified atom stereocenters. The molecule has 0 aliphatic heterocycles. The molecule has 18 heavy (non-hydrogen) atoms. The standard InChI is InChI=1S/C12H11Br2NO2S/c1-7-3-4-8(17-7)6-15(2)12(16)9-5-10(13)18-11(9)14/h3-5H,6H2,1-2H3. The molecule has 0 aliphatic rings. The van der Waals surface area contributed by atoms with E-state index in [0.29, 0.717) is 12.1 Å². The number of nitrogens with zero attached hydrogens (tertiary/aromatic N) is 1. The van der Waals surface area contributed by atoms with E-state index in [2.05, 4.69) is 31.9 Å². The minimum atomic E-state index is -0.0297. The Kier molecular flexibility index (Phi) is 4.29. The maximum Gasteiger partial charge on any atom is 0.256 e. The summed E-state index contributed by atoms with van der Waals surface area (Å²) in [6.07, 6.45) is 0. The maximum atomic E-state index is 12.2. The molecule has 3 nitrogen and oxygen atoms in total. The van der Waals surface area contributed by atoms with Crippen LogP contribution in [0.4, 0.5) is 0 Å². The molecule has 0 fully saturated rings. The zero-order chi connectivity index (χ0) is 13.3. The summed E-state index contributed by atoms with van der Waals surface area (Å²) in [7, 11) is 1.76. The average Bonchev–Trinajstić information content (AvgIpc) is 2.84. The van der Waals surface area contributed by atoms with Crippen molar-refractivity contribution in [2.75, 3.05) is 7.05 Å². The SMILES string of the molecule is Cc1ccc(CN(C)C(=O)c2cc(Br)sc2Br)o1. The number of thiophene rings is 1. The van der Waals surface area contributed by atoms with Crippen LogP contribution in [0.3, 0.4) is 0 Å². The minimum Gasteiger partial charge on any atom is -0.464 e. The fourth-order valence-electron chi connectivity index (χ4n) is 1.57. The van der Waals surface area contributed by atoms with Gasteiger partial charge in [-0.1, -0.05) is 0 Å². The second-order valence-electron chi connectivity index (χ2n) is 3.91. The molecule has 0 aliphatic carbocycles. The van der Waals surface area contributed by atoms with E-state index >= 15 is 0 Å². The van der Waals surface area contributed by atoms with Gasteiger partial charge in [-0.2, -0.15) is 0 Å². The van der Waals surface area contributed by atoms with Gasteiger partial charge in [0.15, 0.2) is 0 Å². The molecule has 2 rings (SSSR count). The van der Waals surface area contributed by atoms with E-state index in [4.69, 9.17) is 4.42 Å². The van der Waals surface area contributed by atoms with Gasteiger partial charge in [0.25, 0.3) is 5.91 Å². The number of halogens is 2. The Labute approximate surface area is 126 Å². The lowest BCUT2D eigenvalue weighted by molar-refractivity contribution is 0.0774. The van der Waals surface area contributed by atoms with Crippen LogP contribution in [0.1, 0.15) is 21.9 Å². The summed E-state index contributed by atoms with van der Waals surface area (Å²) in [6, 6.07) is 5.60. The minimum absolute atomic E-state index is 0.0297. The number of hydrogen-bond acceptors (Lipinski definition) is 3. The summed E-state index contributed by atoms with van der Waals surface area (Å²) < 4.78 is 7.23. The van der Waals surface area contributed by atoms with Gasteiger partial charge in [0, 0.05) is 7.05 Å². The van der Waals surface area contributed by atoms with Crippen molar-refractivity contribution in [2.45, 2.75) is 13.5 Å². The third kappa shape index (κ3) is 3.05. The molecule has 0 saturated heterocycles. The van der Waals surface area contributed by atoms with Gasteiger partial charge < -0.3 is 9.32 Å². The Hall–Kier alpha value is -0.590. The molecule has 0 atom stereocenters. The molecule has 0 N–H and O–H groups in total. The van der Waals surface area contributed by atoms with Gasteiger partial charge in [0.2, 0.25) is 0 Å². The molecular formula is C12H11Br2NO2S. The van der Waals surface area contributed by atoms with E-state index < -0.39 is 0 Å². The molecule has 2 aromatic rings. The van der Waals surface area contributed by atoms with Crippen molar-refractivity contribution >= 4 is 49.1 Å². The van der Waals surface area contributed by atoms with E-state index in [0.717, 1.165) is 19.1 Å². The number of carbonyl (C=O) groups excluding carboxylic acids is 1. The Bertz CT molecular complexity index is 576. The summed E-state index contributed by atoms with van der Waals surface area (Å²) in [5.41, 5.74) is 0.664. The van der Waals surface area contributed by atoms with Crippen LogP contribution in [0.15, 0.2) is 30.2 Å².